The molecular weight excluding hydrogens is 97.8 g/mol. The van der Waals surface area contributed by atoms with E-state index < -0.39 is 8.38 Å². The van der Waals surface area contributed by atoms with Gasteiger partial charge in [-0.15, -0.1) is 0 Å². The minimum absolute atomic E-state index is 0. The molecule has 36 valence electrons. The van der Waals surface area contributed by atoms with Crippen LogP contribution in [0.25, 0.3) is 0 Å². The van der Waals surface area contributed by atoms with Gasteiger partial charge in [-0.2, -0.15) is 0 Å². The fraction of sp³-hybridized carbons (Fsp3) is 0. The number of hydrogen-bond acceptors (Lipinski definition) is 2. The van der Waals surface area contributed by atoms with Gasteiger partial charge < -0.3 is 9.79 Å². The van der Waals surface area contributed by atoms with E-state index in [9.17, 15) is 0 Å². The number of hydrogen-bond donors (Lipinski definition) is 2. The lowest BCUT2D eigenvalue weighted by Crippen LogP contribution is -1.51. The van der Waals surface area contributed by atoms with Crippen LogP contribution in [0.4, 0.5) is 0 Å². The summed E-state index contributed by atoms with van der Waals surface area (Å²) in [5, 5.41) is 0. The molecule has 0 bridgehead atoms. The van der Waals surface area contributed by atoms with Crippen molar-refractivity contribution in [1.82, 2.24) is 0 Å². The van der Waals surface area contributed by atoms with E-state index in [1.54, 1.807) is 0 Å². The summed E-state index contributed by atoms with van der Waals surface area (Å²) in [6, 6.07) is 0. The van der Waals surface area contributed by atoms with Crippen molar-refractivity contribution >= 4 is 16.8 Å². The molecule has 6 heavy (non-hydrogen) atoms. The van der Waals surface area contributed by atoms with Gasteiger partial charge in [0.2, 0.25) is 0 Å². The lowest BCUT2D eigenvalue weighted by molar-refractivity contribution is 0.496. The third kappa shape index (κ3) is 8.91. The lowest BCUT2D eigenvalue weighted by Gasteiger charge is -1.82. The van der Waals surface area contributed by atoms with E-state index in [-0.39, 0.29) is 8.41 Å². The largest absolute Gasteiger partial charge is 0.347 e. The van der Waals surface area contributed by atoms with Crippen molar-refractivity contribution in [3.8, 4) is 0 Å². The van der Waals surface area contributed by atoms with E-state index in [2.05, 4.69) is 6.58 Å². The van der Waals surface area contributed by atoms with Crippen LogP contribution in [0.5, 0.6) is 0 Å². The average molecular weight is 106 g/mol. The fourth-order valence-electron chi connectivity index (χ4n) is 0. The molecule has 0 aliphatic heterocycles. The molecular formula is C2H8BO2P. The molecule has 0 saturated heterocycles. The van der Waals surface area contributed by atoms with Crippen molar-refractivity contribution in [2.24, 2.45) is 0 Å². The van der Waals surface area contributed by atoms with E-state index in [1.807, 2.05) is 0 Å². The summed E-state index contributed by atoms with van der Waals surface area (Å²) in [6.07, 6.45) is 0. The molecule has 0 radical (unpaired) electrons. The Morgan fingerprint density at radius 3 is 1.67 bits per heavy atom. The van der Waals surface area contributed by atoms with Gasteiger partial charge in [0.05, 0.1) is 8.41 Å². The Labute approximate surface area is 40.0 Å². The van der Waals surface area contributed by atoms with Crippen molar-refractivity contribution in [2.45, 2.75) is 0 Å². The maximum Gasteiger partial charge on any atom is 0.191 e. The molecule has 0 aromatic rings. The highest BCUT2D eigenvalue weighted by atomic mass is 31.2. The molecule has 0 rings (SSSR count). The Bertz CT molecular complexity index is 38.5. The molecule has 0 saturated carbocycles. The van der Waals surface area contributed by atoms with Gasteiger partial charge in [0, 0.05) is 0 Å². The lowest BCUT2D eigenvalue weighted by atomic mass is 10.8. The first kappa shape index (κ1) is 9.47. The van der Waals surface area contributed by atoms with Crippen molar-refractivity contribution in [3.05, 3.63) is 12.4 Å². The van der Waals surface area contributed by atoms with Gasteiger partial charge in [0.25, 0.3) is 0 Å². The Morgan fingerprint density at radius 1 is 1.50 bits per heavy atom. The highest BCUT2D eigenvalue weighted by molar-refractivity contribution is 7.48. The Morgan fingerprint density at radius 2 is 1.67 bits per heavy atom. The maximum atomic E-state index is 7.86. The zero-order valence-corrected chi connectivity index (χ0v) is 3.52. The van der Waals surface area contributed by atoms with Gasteiger partial charge in [-0.1, -0.05) is 6.58 Å². The average Bonchev–Trinajstić information content (AvgIpc) is 1.38. The molecule has 0 aromatic carbocycles. The van der Waals surface area contributed by atoms with Gasteiger partial charge >= 0.3 is 0 Å². The van der Waals surface area contributed by atoms with E-state index >= 15 is 0 Å². The summed E-state index contributed by atoms with van der Waals surface area (Å²) in [5.74, 6) is 1.09. The summed E-state index contributed by atoms with van der Waals surface area (Å²) in [7, 11) is -1.83. The summed E-state index contributed by atoms with van der Waals surface area (Å²) in [4.78, 5) is 15.7. The summed E-state index contributed by atoms with van der Waals surface area (Å²) < 4.78 is 0. The normalized spacial score (nSPS) is 7.17. The minimum atomic E-state index is -1.83. The molecule has 0 aliphatic rings. The molecule has 0 fully saturated rings. The third-order valence-electron chi connectivity index (χ3n) is 0.163. The molecule has 4 heteroatoms. The molecule has 0 atom stereocenters. The second-order valence-electron chi connectivity index (χ2n) is 0.503. The van der Waals surface area contributed by atoms with Crippen LogP contribution in [0.3, 0.4) is 0 Å². The zero-order valence-electron chi connectivity index (χ0n) is 2.63. The van der Waals surface area contributed by atoms with Crippen LogP contribution in [-0.4, -0.2) is 18.2 Å². The van der Waals surface area contributed by atoms with Gasteiger partial charge in [-0.3, -0.25) is 0 Å². The van der Waals surface area contributed by atoms with Crippen molar-refractivity contribution in [1.29, 1.82) is 0 Å². The second-order valence-corrected chi connectivity index (χ2v) is 1.51. The smallest absolute Gasteiger partial charge is 0.191 e. The van der Waals surface area contributed by atoms with Gasteiger partial charge in [0.15, 0.2) is 8.38 Å². The molecule has 0 spiro atoms. The minimum Gasteiger partial charge on any atom is -0.347 e. The van der Waals surface area contributed by atoms with Crippen LogP contribution >= 0.6 is 8.38 Å². The molecule has 0 amide bonds. The molecule has 2 nitrogen and oxygen atoms in total. The fourth-order valence-corrected chi connectivity index (χ4v) is 0. The Kier molecular flexibility index (Phi) is 8.14. The molecule has 0 heterocycles. The predicted molar refractivity (Wildman–Crippen MR) is 31.5 cm³/mol. The van der Waals surface area contributed by atoms with Gasteiger partial charge in [0.1, 0.15) is 0 Å². The first-order chi connectivity index (χ1) is 2.27. The van der Waals surface area contributed by atoms with Crippen LogP contribution in [0.2, 0.25) is 0 Å². The first-order valence-electron chi connectivity index (χ1n) is 1.07. The topological polar surface area (TPSA) is 40.5 Å². The van der Waals surface area contributed by atoms with E-state index in [1.165, 1.54) is 0 Å². The quantitative estimate of drug-likeness (QED) is 0.340. The zero-order chi connectivity index (χ0) is 4.28. The van der Waals surface area contributed by atoms with Gasteiger partial charge in [-0.05, 0) is 5.82 Å². The predicted octanol–water partition coefficient (Wildman–Crippen LogP) is -0.757. The standard InChI is InChI=1S/C2H5O2P.BH3/c1-2-5(3)4;/h2-4H,1H2;1H3. The van der Waals surface area contributed by atoms with Crippen molar-refractivity contribution in [2.75, 3.05) is 0 Å². The van der Waals surface area contributed by atoms with E-state index in [0.717, 1.165) is 5.82 Å². The third-order valence-corrected chi connectivity index (χ3v) is 0.490. The summed E-state index contributed by atoms with van der Waals surface area (Å²) in [6.45, 7) is 3.09. The monoisotopic (exact) mass is 106 g/mol. The molecule has 2 N–H and O–H groups in total. The van der Waals surface area contributed by atoms with Crippen LogP contribution < -0.4 is 0 Å². The van der Waals surface area contributed by atoms with Crippen LogP contribution in [0.1, 0.15) is 0 Å². The second kappa shape index (κ2) is 5.15. The molecule has 0 unspecified atom stereocenters. The van der Waals surface area contributed by atoms with Crippen molar-refractivity contribution in [3.63, 3.8) is 0 Å². The summed E-state index contributed by atoms with van der Waals surface area (Å²) in [5.41, 5.74) is 0. The summed E-state index contributed by atoms with van der Waals surface area (Å²) >= 11 is 0. The van der Waals surface area contributed by atoms with E-state index in [0.29, 0.717) is 0 Å². The van der Waals surface area contributed by atoms with Crippen LogP contribution in [-0.2, 0) is 0 Å². The highest BCUT2D eigenvalue weighted by Gasteiger charge is 1.78. The first-order valence-corrected chi connectivity index (χ1v) is 2.38. The van der Waals surface area contributed by atoms with Gasteiger partial charge in [-0.25, -0.2) is 0 Å². The Hall–Kier alpha value is 0.155. The van der Waals surface area contributed by atoms with E-state index in [4.69, 9.17) is 9.79 Å². The maximum absolute atomic E-state index is 7.86. The van der Waals surface area contributed by atoms with Crippen LogP contribution in [0.15, 0.2) is 12.4 Å². The highest BCUT2D eigenvalue weighted by Crippen LogP contribution is 2.21. The SMILES string of the molecule is B.C=CP(O)O. The molecule has 0 aromatic heterocycles. The Balaban J connectivity index is 0. The van der Waals surface area contributed by atoms with Crippen LogP contribution in [0, 0.1) is 0 Å². The number of rotatable bonds is 1. The molecule has 0 aliphatic carbocycles. The van der Waals surface area contributed by atoms with Crippen molar-refractivity contribution < 1.29 is 9.79 Å².